The van der Waals surface area contributed by atoms with Crippen LogP contribution in [-0.4, -0.2) is 32.6 Å². The minimum Gasteiger partial charge on any atom is -0.334 e. The first-order valence-corrected chi connectivity index (χ1v) is 9.52. The van der Waals surface area contributed by atoms with Crippen molar-refractivity contribution in [3.63, 3.8) is 0 Å². The van der Waals surface area contributed by atoms with Crippen LogP contribution in [0.5, 0.6) is 0 Å². The second-order valence-corrected chi connectivity index (χ2v) is 8.15. The number of hydrogen-bond acceptors (Lipinski definition) is 4. The van der Waals surface area contributed by atoms with E-state index in [-0.39, 0.29) is 11.7 Å². The SMILES string of the molecule is Cc1ccc(CN(C)C(=O)c2nc(C)n(-c3ccccc3C(C)C)n2)s1. The predicted octanol–water partition coefficient (Wildman–Crippen LogP) is 4.34. The van der Waals surface area contributed by atoms with Crippen molar-refractivity contribution in [1.29, 1.82) is 0 Å². The molecule has 0 spiro atoms. The molecule has 2 aromatic heterocycles. The van der Waals surface area contributed by atoms with Gasteiger partial charge in [0.25, 0.3) is 5.91 Å². The van der Waals surface area contributed by atoms with Crippen LogP contribution in [0.3, 0.4) is 0 Å². The van der Waals surface area contributed by atoms with E-state index in [9.17, 15) is 4.79 Å². The lowest BCUT2D eigenvalue weighted by atomic mass is 10.0. The molecule has 0 aliphatic carbocycles. The van der Waals surface area contributed by atoms with Gasteiger partial charge in [0.1, 0.15) is 5.82 Å². The van der Waals surface area contributed by atoms with E-state index in [4.69, 9.17) is 0 Å². The molecule has 3 aromatic rings. The fourth-order valence-corrected chi connectivity index (χ4v) is 3.87. The molecule has 1 amide bonds. The van der Waals surface area contributed by atoms with Gasteiger partial charge in [-0.1, -0.05) is 32.0 Å². The Bertz CT molecular complexity index is 926. The minimum atomic E-state index is -0.167. The summed E-state index contributed by atoms with van der Waals surface area (Å²) in [7, 11) is 1.79. The Morgan fingerprint density at radius 1 is 1.19 bits per heavy atom. The highest BCUT2D eigenvalue weighted by atomic mass is 32.1. The quantitative estimate of drug-likeness (QED) is 0.673. The standard InChI is InChI=1S/C20H24N4OS/c1-13(2)17-8-6-7-9-18(17)24-15(4)21-19(22-24)20(25)23(5)12-16-11-10-14(3)26-16/h6-11,13H,12H2,1-5H3. The van der Waals surface area contributed by atoms with E-state index in [2.05, 4.69) is 49.1 Å². The van der Waals surface area contributed by atoms with Gasteiger partial charge in [0.15, 0.2) is 0 Å². The van der Waals surface area contributed by atoms with Gasteiger partial charge >= 0.3 is 0 Å². The van der Waals surface area contributed by atoms with E-state index in [0.717, 1.165) is 10.6 Å². The lowest BCUT2D eigenvalue weighted by molar-refractivity contribution is 0.0774. The van der Waals surface area contributed by atoms with E-state index in [0.29, 0.717) is 18.3 Å². The highest BCUT2D eigenvalue weighted by Crippen LogP contribution is 2.23. The number of thiophene rings is 1. The topological polar surface area (TPSA) is 51.0 Å². The third-order valence-corrected chi connectivity index (χ3v) is 5.27. The van der Waals surface area contributed by atoms with Crippen molar-refractivity contribution in [2.45, 2.75) is 40.2 Å². The van der Waals surface area contributed by atoms with Crippen molar-refractivity contribution in [3.05, 3.63) is 63.4 Å². The largest absolute Gasteiger partial charge is 0.334 e. The van der Waals surface area contributed by atoms with Crippen LogP contribution in [0.25, 0.3) is 5.69 Å². The molecule has 0 radical (unpaired) electrons. The number of carbonyl (C=O) groups excluding carboxylic acids is 1. The van der Waals surface area contributed by atoms with Crippen LogP contribution in [0.15, 0.2) is 36.4 Å². The molecule has 0 N–H and O–H groups in total. The first-order valence-electron chi connectivity index (χ1n) is 8.70. The van der Waals surface area contributed by atoms with Gasteiger partial charge in [-0.15, -0.1) is 16.4 Å². The number of amides is 1. The van der Waals surface area contributed by atoms with Crippen molar-refractivity contribution >= 4 is 17.2 Å². The summed E-state index contributed by atoms with van der Waals surface area (Å²) in [5.41, 5.74) is 2.16. The Balaban J connectivity index is 1.87. The number of rotatable bonds is 5. The summed E-state index contributed by atoms with van der Waals surface area (Å²) in [6.07, 6.45) is 0. The zero-order valence-electron chi connectivity index (χ0n) is 15.9. The maximum Gasteiger partial charge on any atom is 0.293 e. The Hall–Kier alpha value is -2.47. The molecule has 3 rings (SSSR count). The van der Waals surface area contributed by atoms with Crippen molar-refractivity contribution < 1.29 is 4.79 Å². The van der Waals surface area contributed by atoms with Gasteiger partial charge in [0, 0.05) is 16.8 Å². The molecule has 0 saturated heterocycles. The van der Waals surface area contributed by atoms with Crippen molar-refractivity contribution in [3.8, 4) is 5.69 Å². The molecule has 6 heteroatoms. The van der Waals surface area contributed by atoms with Gasteiger partial charge in [-0.25, -0.2) is 9.67 Å². The van der Waals surface area contributed by atoms with E-state index in [1.54, 1.807) is 28.0 Å². The van der Waals surface area contributed by atoms with Crippen molar-refractivity contribution in [2.75, 3.05) is 7.05 Å². The molecule has 0 aliphatic rings. The molecule has 5 nitrogen and oxygen atoms in total. The van der Waals surface area contributed by atoms with Crippen molar-refractivity contribution in [2.24, 2.45) is 0 Å². The fraction of sp³-hybridized carbons (Fsp3) is 0.350. The number of hydrogen-bond donors (Lipinski definition) is 0. The molecule has 2 heterocycles. The van der Waals surface area contributed by atoms with Gasteiger partial charge in [0.2, 0.25) is 5.82 Å². The van der Waals surface area contributed by atoms with Crippen LogP contribution in [0, 0.1) is 13.8 Å². The molecule has 0 saturated carbocycles. The zero-order valence-corrected chi connectivity index (χ0v) is 16.7. The second-order valence-electron chi connectivity index (χ2n) is 6.78. The predicted molar refractivity (Wildman–Crippen MR) is 105 cm³/mol. The maximum absolute atomic E-state index is 12.8. The number of aromatic nitrogens is 3. The molecule has 1 aromatic carbocycles. The third kappa shape index (κ3) is 3.70. The summed E-state index contributed by atoms with van der Waals surface area (Å²) in [4.78, 5) is 21.2. The highest BCUT2D eigenvalue weighted by molar-refractivity contribution is 7.11. The Kier molecular flexibility index (Phi) is 5.23. The van der Waals surface area contributed by atoms with Crippen LogP contribution in [0.1, 0.15) is 51.5 Å². The molecular weight excluding hydrogens is 344 g/mol. The second kappa shape index (κ2) is 7.41. The molecule has 0 fully saturated rings. The summed E-state index contributed by atoms with van der Waals surface area (Å²) >= 11 is 1.70. The van der Waals surface area contributed by atoms with Crippen molar-refractivity contribution in [1.82, 2.24) is 19.7 Å². The molecule has 0 bridgehead atoms. The third-order valence-electron chi connectivity index (χ3n) is 4.28. The maximum atomic E-state index is 12.8. The summed E-state index contributed by atoms with van der Waals surface area (Å²) in [5, 5.41) is 4.51. The number of aryl methyl sites for hydroxylation is 2. The van der Waals surface area contributed by atoms with Crippen LogP contribution in [0.4, 0.5) is 0 Å². The molecule has 0 unspecified atom stereocenters. The lowest BCUT2D eigenvalue weighted by Crippen LogP contribution is -2.27. The molecule has 0 aliphatic heterocycles. The van der Waals surface area contributed by atoms with Gasteiger partial charge < -0.3 is 4.90 Å². The first-order chi connectivity index (χ1) is 12.4. The number of carbonyl (C=O) groups is 1. The van der Waals surface area contributed by atoms with Gasteiger partial charge in [-0.3, -0.25) is 4.79 Å². The summed E-state index contributed by atoms with van der Waals surface area (Å²) in [6.45, 7) is 8.80. The van der Waals surface area contributed by atoms with E-state index in [1.807, 2.05) is 25.1 Å². The van der Waals surface area contributed by atoms with E-state index < -0.39 is 0 Å². The average molecular weight is 369 g/mol. The van der Waals surface area contributed by atoms with E-state index >= 15 is 0 Å². The molecule has 26 heavy (non-hydrogen) atoms. The number of para-hydroxylation sites is 1. The summed E-state index contributed by atoms with van der Waals surface area (Å²) in [5.74, 6) is 1.14. The normalized spacial score (nSPS) is 11.2. The van der Waals surface area contributed by atoms with Crippen LogP contribution in [0.2, 0.25) is 0 Å². The molecular formula is C20H24N4OS. The fourth-order valence-electron chi connectivity index (χ4n) is 2.92. The first kappa shape index (κ1) is 18.3. The molecule has 136 valence electrons. The molecule has 0 atom stereocenters. The lowest BCUT2D eigenvalue weighted by Gasteiger charge is -2.14. The zero-order chi connectivity index (χ0) is 18.8. The van der Waals surface area contributed by atoms with Crippen LogP contribution >= 0.6 is 11.3 Å². The number of nitrogens with zero attached hydrogens (tertiary/aromatic N) is 4. The monoisotopic (exact) mass is 368 g/mol. The van der Waals surface area contributed by atoms with Crippen LogP contribution < -0.4 is 0 Å². The Labute approximate surface area is 158 Å². The van der Waals surface area contributed by atoms with Gasteiger partial charge in [-0.2, -0.15) is 0 Å². The minimum absolute atomic E-state index is 0.167. The Morgan fingerprint density at radius 2 is 1.92 bits per heavy atom. The summed E-state index contributed by atoms with van der Waals surface area (Å²) in [6, 6.07) is 12.2. The van der Waals surface area contributed by atoms with Gasteiger partial charge in [0.05, 0.1) is 12.2 Å². The Morgan fingerprint density at radius 3 is 2.58 bits per heavy atom. The number of benzene rings is 1. The summed E-state index contributed by atoms with van der Waals surface area (Å²) < 4.78 is 1.77. The highest BCUT2D eigenvalue weighted by Gasteiger charge is 2.21. The van der Waals surface area contributed by atoms with Crippen LogP contribution in [-0.2, 0) is 6.54 Å². The average Bonchev–Trinajstić information content (AvgIpc) is 3.19. The van der Waals surface area contributed by atoms with Gasteiger partial charge in [-0.05, 0) is 43.5 Å². The smallest absolute Gasteiger partial charge is 0.293 e. The van der Waals surface area contributed by atoms with E-state index in [1.165, 1.54) is 10.4 Å².